The van der Waals surface area contributed by atoms with Gasteiger partial charge in [-0.25, -0.2) is 0 Å². The summed E-state index contributed by atoms with van der Waals surface area (Å²) in [6.45, 7) is 3.55. The molecule has 2 unspecified atom stereocenters. The average molecular weight is 311 g/mol. The van der Waals surface area contributed by atoms with E-state index in [4.69, 9.17) is 21.1 Å². The average Bonchev–Trinajstić information content (AvgIpc) is 2.55. The van der Waals surface area contributed by atoms with Crippen molar-refractivity contribution in [3.8, 4) is 0 Å². The number of halogens is 1. The van der Waals surface area contributed by atoms with E-state index in [9.17, 15) is 4.79 Å². The highest BCUT2D eigenvalue weighted by molar-refractivity contribution is 6.30. The van der Waals surface area contributed by atoms with Crippen molar-refractivity contribution in [3.05, 3.63) is 34.9 Å². The number of nitrogens with one attached hydrogen (secondary N) is 1. The number of nitrogens with zero attached hydrogens (tertiary/aromatic N) is 1. The third-order valence-corrected chi connectivity index (χ3v) is 4.09. The number of benzene rings is 1. The number of hydrogen-bond acceptors (Lipinski definition) is 4. The first-order valence-electron chi connectivity index (χ1n) is 7.22. The Bertz CT molecular complexity index is 505. The van der Waals surface area contributed by atoms with Crippen LogP contribution in [0.2, 0.25) is 5.02 Å². The molecular formula is C15H19ClN2O3. The molecule has 114 valence electrons. The smallest absolute Gasteiger partial charge is 0.254 e. The normalized spacial score (nSPS) is 26.6. The maximum absolute atomic E-state index is 12.7. The van der Waals surface area contributed by atoms with E-state index >= 15 is 0 Å². The molecule has 0 aromatic heterocycles. The van der Waals surface area contributed by atoms with Gasteiger partial charge in [-0.15, -0.1) is 0 Å². The van der Waals surface area contributed by atoms with Crippen LogP contribution in [-0.2, 0) is 14.3 Å². The summed E-state index contributed by atoms with van der Waals surface area (Å²) >= 11 is 6.07. The molecule has 5 nitrogen and oxygen atoms in total. The van der Waals surface area contributed by atoms with Crippen molar-refractivity contribution in [2.75, 3.05) is 39.5 Å². The van der Waals surface area contributed by atoms with Gasteiger partial charge in [0.05, 0.1) is 25.9 Å². The van der Waals surface area contributed by atoms with E-state index in [1.54, 1.807) is 0 Å². The van der Waals surface area contributed by atoms with E-state index in [2.05, 4.69) is 5.32 Å². The molecule has 2 aliphatic rings. The molecule has 0 aliphatic carbocycles. The van der Waals surface area contributed by atoms with Crippen molar-refractivity contribution in [3.63, 3.8) is 0 Å². The molecule has 0 bridgehead atoms. The van der Waals surface area contributed by atoms with Gasteiger partial charge in [-0.05, 0) is 17.7 Å². The molecule has 0 saturated carbocycles. The first kappa shape index (κ1) is 14.8. The van der Waals surface area contributed by atoms with Crippen LogP contribution in [0.15, 0.2) is 24.3 Å². The second kappa shape index (κ2) is 6.75. The highest BCUT2D eigenvalue weighted by Crippen LogP contribution is 2.26. The van der Waals surface area contributed by atoms with Crippen LogP contribution in [-0.4, -0.2) is 56.4 Å². The highest BCUT2D eigenvalue weighted by Gasteiger charge is 2.34. The Labute approximate surface area is 129 Å². The van der Waals surface area contributed by atoms with Crippen LogP contribution in [0.25, 0.3) is 0 Å². The van der Waals surface area contributed by atoms with Crippen LogP contribution < -0.4 is 5.32 Å². The van der Waals surface area contributed by atoms with Gasteiger partial charge in [0.15, 0.2) is 6.10 Å². The van der Waals surface area contributed by atoms with E-state index in [-0.39, 0.29) is 11.9 Å². The van der Waals surface area contributed by atoms with Crippen LogP contribution in [0.1, 0.15) is 11.6 Å². The Kier molecular flexibility index (Phi) is 4.75. The van der Waals surface area contributed by atoms with Gasteiger partial charge in [0, 0.05) is 24.7 Å². The lowest BCUT2D eigenvalue weighted by atomic mass is 10.0. The Hall–Kier alpha value is -1.14. The summed E-state index contributed by atoms with van der Waals surface area (Å²) < 4.78 is 10.9. The maximum Gasteiger partial charge on any atom is 0.254 e. The minimum absolute atomic E-state index is 0.00109. The van der Waals surface area contributed by atoms with E-state index in [0.29, 0.717) is 31.4 Å². The predicted octanol–water partition coefficient (Wildman–Crippen LogP) is 1.23. The minimum Gasteiger partial charge on any atom is -0.376 e. The van der Waals surface area contributed by atoms with Gasteiger partial charge in [0.2, 0.25) is 0 Å². The molecule has 1 amide bonds. The monoisotopic (exact) mass is 310 g/mol. The number of ether oxygens (including phenoxy) is 2. The Balaban J connectivity index is 1.79. The highest BCUT2D eigenvalue weighted by atomic mass is 35.5. The molecule has 2 heterocycles. The summed E-state index contributed by atoms with van der Waals surface area (Å²) in [7, 11) is 0. The second-order valence-electron chi connectivity index (χ2n) is 5.24. The van der Waals surface area contributed by atoms with Gasteiger partial charge in [0.25, 0.3) is 5.91 Å². The number of piperazine rings is 1. The van der Waals surface area contributed by atoms with Crippen molar-refractivity contribution in [1.82, 2.24) is 10.2 Å². The number of rotatable bonds is 2. The van der Waals surface area contributed by atoms with Crippen molar-refractivity contribution in [2.45, 2.75) is 12.1 Å². The quantitative estimate of drug-likeness (QED) is 0.892. The topological polar surface area (TPSA) is 50.8 Å². The predicted molar refractivity (Wildman–Crippen MR) is 79.3 cm³/mol. The summed E-state index contributed by atoms with van der Waals surface area (Å²) in [6, 6.07) is 7.65. The molecule has 2 fully saturated rings. The molecule has 6 heteroatoms. The fourth-order valence-corrected chi connectivity index (χ4v) is 2.99. The zero-order valence-electron chi connectivity index (χ0n) is 11.8. The third-order valence-electron chi connectivity index (χ3n) is 3.85. The zero-order valence-corrected chi connectivity index (χ0v) is 12.5. The fraction of sp³-hybridized carbons (Fsp3) is 0.533. The zero-order chi connectivity index (χ0) is 14.7. The van der Waals surface area contributed by atoms with E-state index < -0.39 is 6.10 Å². The second-order valence-corrected chi connectivity index (χ2v) is 5.68. The lowest BCUT2D eigenvalue weighted by Gasteiger charge is -2.39. The summed E-state index contributed by atoms with van der Waals surface area (Å²) in [6.07, 6.45) is -0.487. The van der Waals surface area contributed by atoms with Gasteiger partial charge in [0.1, 0.15) is 0 Å². The standard InChI is InChI=1S/C15H19ClN2O3/c16-12-3-1-2-11(8-12)13-9-17-4-5-18(13)15(19)14-10-20-6-7-21-14/h1-3,8,13-14,17H,4-7,9-10H2. The van der Waals surface area contributed by atoms with Gasteiger partial charge in [-0.1, -0.05) is 23.7 Å². The third kappa shape index (κ3) is 3.37. The van der Waals surface area contributed by atoms with Crippen molar-refractivity contribution >= 4 is 17.5 Å². The molecule has 0 radical (unpaired) electrons. The summed E-state index contributed by atoms with van der Waals surface area (Å²) in [4.78, 5) is 14.6. The van der Waals surface area contributed by atoms with Gasteiger partial charge in [-0.2, -0.15) is 0 Å². The molecule has 1 aromatic carbocycles. The molecule has 1 N–H and O–H groups in total. The van der Waals surface area contributed by atoms with E-state index in [1.807, 2.05) is 29.2 Å². The number of carbonyl (C=O) groups is 1. The number of carbonyl (C=O) groups excluding carboxylic acids is 1. The Morgan fingerprint density at radius 3 is 3.05 bits per heavy atom. The number of amides is 1. The molecule has 2 atom stereocenters. The largest absolute Gasteiger partial charge is 0.376 e. The lowest BCUT2D eigenvalue weighted by molar-refractivity contribution is -0.161. The summed E-state index contributed by atoms with van der Waals surface area (Å²) in [5.74, 6) is 0.00109. The van der Waals surface area contributed by atoms with Crippen molar-refractivity contribution in [2.24, 2.45) is 0 Å². The Morgan fingerprint density at radius 1 is 1.38 bits per heavy atom. The lowest BCUT2D eigenvalue weighted by Crippen LogP contribution is -2.53. The van der Waals surface area contributed by atoms with Gasteiger partial charge < -0.3 is 19.7 Å². The van der Waals surface area contributed by atoms with Crippen molar-refractivity contribution < 1.29 is 14.3 Å². The molecule has 3 rings (SSSR count). The fourth-order valence-electron chi connectivity index (χ4n) is 2.80. The molecule has 0 spiro atoms. The molecule has 1 aromatic rings. The van der Waals surface area contributed by atoms with Crippen LogP contribution in [0.3, 0.4) is 0 Å². The Morgan fingerprint density at radius 2 is 2.29 bits per heavy atom. The molecular weight excluding hydrogens is 292 g/mol. The van der Waals surface area contributed by atoms with Crippen molar-refractivity contribution in [1.29, 1.82) is 0 Å². The van der Waals surface area contributed by atoms with Crippen LogP contribution in [0, 0.1) is 0 Å². The first-order chi connectivity index (χ1) is 10.3. The minimum atomic E-state index is -0.487. The van der Waals surface area contributed by atoms with E-state index in [0.717, 1.165) is 18.7 Å². The molecule has 2 saturated heterocycles. The van der Waals surface area contributed by atoms with Crippen LogP contribution in [0.4, 0.5) is 0 Å². The number of hydrogen-bond donors (Lipinski definition) is 1. The van der Waals surface area contributed by atoms with Crippen LogP contribution >= 0.6 is 11.6 Å². The first-order valence-corrected chi connectivity index (χ1v) is 7.59. The van der Waals surface area contributed by atoms with Gasteiger partial charge >= 0.3 is 0 Å². The molecule has 21 heavy (non-hydrogen) atoms. The maximum atomic E-state index is 12.7. The van der Waals surface area contributed by atoms with E-state index in [1.165, 1.54) is 0 Å². The summed E-state index contributed by atoms with van der Waals surface area (Å²) in [5.41, 5.74) is 1.04. The van der Waals surface area contributed by atoms with Crippen LogP contribution in [0.5, 0.6) is 0 Å². The van der Waals surface area contributed by atoms with Gasteiger partial charge in [-0.3, -0.25) is 4.79 Å². The molecule has 2 aliphatic heterocycles. The SMILES string of the molecule is O=C(C1COCCO1)N1CCNCC1c1cccc(Cl)c1. The summed E-state index contributed by atoms with van der Waals surface area (Å²) in [5, 5.41) is 4.01.